The van der Waals surface area contributed by atoms with Crippen LogP contribution < -0.4 is 0 Å². The van der Waals surface area contributed by atoms with Crippen molar-refractivity contribution in [3.05, 3.63) is 0 Å². The van der Waals surface area contributed by atoms with Gasteiger partial charge in [-0.2, -0.15) is 0 Å². The molecule has 1 aliphatic heterocycles. The number of aliphatic hydroxyl groups excluding tert-OH is 1. The van der Waals surface area contributed by atoms with E-state index in [1.165, 1.54) is 32.1 Å². The molecule has 19 heavy (non-hydrogen) atoms. The number of carbonyl (C=O) groups excluding carboxylic acids is 1. The van der Waals surface area contributed by atoms with E-state index in [9.17, 15) is 9.90 Å². The molecule has 1 saturated heterocycles. The zero-order valence-corrected chi connectivity index (χ0v) is 12.3. The van der Waals surface area contributed by atoms with Gasteiger partial charge in [-0.1, -0.05) is 19.3 Å². The van der Waals surface area contributed by atoms with Crippen molar-refractivity contribution >= 4 is 5.91 Å². The molecule has 4 nitrogen and oxygen atoms in total. The summed E-state index contributed by atoms with van der Waals surface area (Å²) in [5.74, 6) is 0.198. The van der Waals surface area contributed by atoms with Crippen LogP contribution in [0.4, 0.5) is 0 Å². The van der Waals surface area contributed by atoms with Gasteiger partial charge < -0.3 is 10.0 Å². The second-order valence-electron chi connectivity index (χ2n) is 6.16. The average Bonchev–Trinajstić information content (AvgIpc) is 2.53. The molecule has 1 amide bonds. The van der Waals surface area contributed by atoms with Crippen LogP contribution in [0.1, 0.15) is 51.9 Å². The fourth-order valence-electron chi connectivity index (χ4n) is 3.72. The summed E-state index contributed by atoms with van der Waals surface area (Å²) in [6, 6.07) is 0.861. The molecule has 0 aromatic rings. The minimum absolute atomic E-state index is 0.0974. The van der Waals surface area contributed by atoms with E-state index in [4.69, 9.17) is 0 Å². The lowest BCUT2D eigenvalue weighted by atomic mass is 9.91. The standard InChI is InChI=1S/C15H28N2O2/c1-12-8-10-16(2)15(19)14(9-11-18)17(12)13-6-4-3-5-7-13/h12-14,18H,3-11H2,1-2H3. The molecule has 1 N–H and O–H groups in total. The molecule has 2 fully saturated rings. The fourth-order valence-corrected chi connectivity index (χ4v) is 3.72. The Balaban J connectivity index is 2.19. The van der Waals surface area contributed by atoms with E-state index in [2.05, 4.69) is 11.8 Å². The van der Waals surface area contributed by atoms with E-state index >= 15 is 0 Å². The van der Waals surface area contributed by atoms with E-state index in [1.54, 1.807) is 0 Å². The highest BCUT2D eigenvalue weighted by Crippen LogP contribution is 2.29. The molecule has 1 aliphatic carbocycles. The van der Waals surface area contributed by atoms with Crippen molar-refractivity contribution < 1.29 is 9.90 Å². The highest BCUT2D eigenvalue weighted by atomic mass is 16.3. The molecule has 0 spiro atoms. The maximum absolute atomic E-state index is 12.5. The van der Waals surface area contributed by atoms with Crippen molar-refractivity contribution in [2.24, 2.45) is 0 Å². The summed E-state index contributed by atoms with van der Waals surface area (Å²) in [6.07, 6.45) is 7.93. The summed E-state index contributed by atoms with van der Waals surface area (Å²) in [5, 5.41) is 9.32. The lowest BCUT2D eigenvalue weighted by Gasteiger charge is -2.41. The van der Waals surface area contributed by atoms with Gasteiger partial charge in [-0.05, 0) is 32.6 Å². The lowest BCUT2D eigenvalue weighted by molar-refractivity contribution is -0.136. The highest BCUT2D eigenvalue weighted by Gasteiger charge is 2.38. The average molecular weight is 268 g/mol. The van der Waals surface area contributed by atoms with Crippen LogP contribution in [-0.4, -0.2) is 59.1 Å². The second kappa shape index (κ2) is 6.71. The molecular weight excluding hydrogens is 240 g/mol. The topological polar surface area (TPSA) is 43.8 Å². The number of carbonyl (C=O) groups is 1. The number of aliphatic hydroxyl groups is 1. The van der Waals surface area contributed by atoms with Crippen LogP contribution in [0, 0.1) is 0 Å². The van der Waals surface area contributed by atoms with Crippen LogP contribution in [0.2, 0.25) is 0 Å². The number of hydrogen-bond donors (Lipinski definition) is 1. The first kappa shape index (κ1) is 14.8. The monoisotopic (exact) mass is 268 g/mol. The highest BCUT2D eigenvalue weighted by molar-refractivity contribution is 5.82. The van der Waals surface area contributed by atoms with Crippen molar-refractivity contribution in [2.75, 3.05) is 20.2 Å². The van der Waals surface area contributed by atoms with Crippen molar-refractivity contribution in [3.63, 3.8) is 0 Å². The van der Waals surface area contributed by atoms with Crippen LogP contribution in [0.3, 0.4) is 0 Å². The van der Waals surface area contributed by atoms with Crippen LogP contribution >= 0.6 is 0 Å². The van der Waals surface area contributed by atoms with Gasteiger partial charge >= 0.3 is 0 Å². The van der Waals surface area contributed by atoms with Crippen LogP contribution in [-0.2, 0) is 4.79 Å². The summed E-state index contributed by atoms with van der Waals surface area (Å²) in [6.45, 7) is 3.18. The van der Waals surface area contributed by atoms with Crippen molar-refractivity contribution in [1.82, 2.24) is 9.80 Å². The summed E-state index contributed by atoms with van der Waals surface area (Å²) in [4.78, 5) is 16.8. The Morgan fingerprint density at radius 1 is 1.21 bits per heavy atom. The Morgan fingerprint density at radius 3 is 2.53 bits per heavy atom. The summed E-state index contributed by atoms with van der Waals surface area (Å²) >= 11 is 0. The van der Waals surface area contributed by atoms with Crippen LogP contribution in [0.5, 0.6) is 0 Å². The molecule has 1 saturated carbocycles. The van der Waals surface area contributed by atoms with E-state index in [-0.39, 0.29) is 18.6 Å². The normalized spacial score (nSPS) is 31.5. The third kappa shape index (κ3) is 3.29. The third-order valence-corrected chi connectivity index (χ3v) is 4.81. The first-order valence-corrected chi connectivity index (χ1v) is 7.78. The Morgan fingerprint density at radius 2 is 1.89 bits per heavy atom. The zero-order valence-electron chi connectivity index (χ0n) is 12.3. The largest absolute Gasteiger partial charge is 0.396 e. The Hall–Kier alpha value is -0.610. The van der Waals surface area contributed by atoms with E-state index in [1.807, 2.05) is 11.9 Å². The third-order valence-electron chi connectivity index (χ3n) is 4.81. The maximum Gasteiger partial charge on any atom is 0.239 e. The second-order valence-corrected chi connectivity index (χ2v) is 6.16. The van der Waals surface area contributed by atoms with Crippen molar-refractivity contribution in [1.29, 1.82) is 0 Å². The van der Waals surface area contributed by atoms with E-state index in [0.29, 0.717) is 18.5 Å². The molecule has 2 atom stereocenters. The summed E-state index contributed by atoms with van der Waals surface area (Å²) in [5.41, 5.74) is 0. The Bertz CT molecular complexity index is 303. The molecule has 0 aromatic heterocycles. The minimum atomic E-state index is -0.115. The Kier molecular flexibility index (Phi) is 5.22. The zero-order chi connectivity index (χ0) is 13.8. The molecule has 4 heteroatoms. The molecule has 2 unspecified atom stereocenters. The SMILES string of the molecule is CC1CCN(C)C(=O)C(CCO)N1C1CCCCC1. The van der Waals surface area contributed by atoms with Gasteiger partial charge in [0, 0.05) is 32.3 Å². The molecule has 110 valence electrons. The molecule has 0 bridgehead atoms. The minimum Gasteiger partial charge on any atom is -0.396 e. The van der Waals surface area contributed by atoms with Gasteiger partial charge in [-0.3, -0.25) is 9.69 Å². The molecule has 1 heterocycles. The van der Waals surface area contributed by atoms with E-state index < -0.39 is 0 Å². The predicted molar refractivity (Wildman–Crippen MR) is 75.9 cm³/mol. The smallest absolute Gasteiger partial charge is 0.239 e. The van der Waals surface area contributed by atoms with Crippen molar-refractivity contribution in [3.8, 4) is 0 Å². The quantitative estimate of drug-likeness (QED) is 0.846. The number of amides is 1. The fraction of sp³-hybridized carbons (Fsp3) is 0.933. The van der Waals surface area contributed by atoms with Crippen molar-refractivity contribution in [2.45, 2.75) is 70.0 Å². The van der Waals surface area contributed by atoms with Gasteiger partial charge in [-0.25, -0.2) is 0 Å². The van der Waals surface area contributed by atoms with Gasteiger partial charge in [0.15, 0.2) is 0 Å². The van der Waals surface area contributed by atoms with Gasteiger partial charge in [0.2, 0.25) is 5.91 Å². The van der Waals surface area contributed by atoms with E-state index in [0.717, 1.165) is 13.0 Å². The molecule has 0 radical (unpaired) electrons. The molecule has 0 aromatic carbocycles. The first-order chi connectivity index (χ1) is 9.15. The number of likely N-dealkylation sites (N-methyl/N-ethyl adjacent to an activating group) is 1. The molecule has 2 aliphatic rings. The van der Waals surface area contributed by atoms with Gasteiger partial charge in [0.05, 0.1) is 6.04 Å². The van der Waals surface area contributed by atoms with Gasteiger partial charge in [0.1, 0.15) is 0 Å². The predicted octanol–water partition coefficient (Wildman–Crippen LogP) is 1.62. The number of nitrogens with zero attached hydrogens (tertiary/aromatic N) is 2. The molecule has 2 rings (SSSR count). The van der Waals surface area contributed by atoms with Crippen LogP contribution in [0.15, 0.2) is 0 Å². The first-order valence-electron chi connectivity index (χ1n) is 7.78. The maximum atomic E-state index is 12.5. The molecular formula is C15H28N2O2. The summed E-state index contributed by atoms with van der Waals surface area (Å²) in [7, 11) is 1.89. The lowest BCUT2D eigenvalue weighted by Crippen LogP contribution is -2.53. The van der Waals surface area contributed by atoms with Gasteiger partial charge in [-0.15, -0.1) is 0 Å². The van der Waals surface area contributed by atoms with Crippen LogP contribution in [0.25, 0.3) is 0 Å². The number of rotatable bonds is 3. The summed E-state index contributed by atoms with van der Waals surface area (Å²) < 4.78 is 0. The Labute approximate surface area is 116 Å². The van der Waals surface area contributed by atoms with Gasteiger partial charge in [0.25, 0.3) is 0 Å². The number of hydrogen-bond acceptors (Lipinski definition) is 3.